The number of primary sulfonamides is 1. The number of nitrogens with one attached hydrogen (secondary N) is 1. The SMILES string of the molecule is C=C(/C=C\C(=C/C)c1ccccc1C)S(N)(=O)=O.CC1CC=CCC1C(=O)NO. The minimum absolute atomic E-state index is 0.0509. The van der Waals surface area contributed by atoms with Crippen LogP contribution >= 0.6 is 0 Å². The van der Waals surface area contributed by atoms with E-state index in [9.17, 15) is 13.2 Å². The second kappa shape index (κ2) is 11.5. The van der Waals surface area contributed by atoms with Gasteiger partial charge in [0.2, 0.25) is 15.9 Å². The highest BCUT2D eigenvalue weighted by molar-refractivity contribution is 7.93. The highest BCUT2D eigenvalue weighted by Gasteiger charge is 2.24. The number of hydrogen-bond donors (Lipinski definition) is 3. The summed E-state index contributed by atoms with van der Waals surface area (Å²) in [5.74, 6) is 0.0269. The van der Waals surface area contributed by atoms with E-state index >= 15 is 0 Å². The fourth-order valence-electron chi connectivity index (χ4n) is 2.91. The van der Waals surface area contributed by atoms with Crippen molar-refractivity contribution in [1.29, 1.82) is 0 Å². The molecule has 0 radical (unpaired) electrons. The lowest BCUT2D eigenvalue weighted by molar-refractivity contribution is -0.135. The summed E-state index contributed by atoms with van der Waals surface area (Å²) in [4.78, 5) is 10.9. The minimum atomic E-state index is -3.71. The van der Waals surface area contributed by atoms with Gasteiger partial charge in [-0.1, -0.05) is 62.1 Å². The summed E-state index contributed by atoms with van der Waals surface area (Å²) in [5.41, 5.74) is 4.80. The van der Waals surface area contributed by atoms with Crippen molar-refractivity contribution in [2.24, 2.45) is 17.0 Å². The van der Waals surface area contributed by atoms with E-state index in [0.29, 0.717) is 5.92 Å². The standard InChI is InChI=1S/C14H17NO2S.C8H13NO2/c1-4-13(10-9-12(3)18(15,16)17)14-8-6-5-7-11(14)2;1-6-4-2-3-5-7(6)8(10)9-11/h4-10H,3H2,1-2H3,(H2,15,16,17);2-3,6-7,11H,4-5H2,1H3,(H,9,10)/b10-9-,13-4+;. The summed E-state index contributed by atoms with van der Waals surface area (Å²) in [6.07, 6.45) is 10.8. The van der Waals surface area contributed by atoms with Crippen molar-refractivity contribution in [2.45, 2.75) is 33.6 Å². The average Bonchev–Trinajstić information content (AvgIpc) is 2.69. The maximum atomic E-state index is 11.0. The Morgan fingerprint density at radius 3 is 2.38 bits per heavy atom. The van der Waals surface area contributed by atoms with Crippen LogP contribution in [0.1, 0.15) is 37.8 Å². The van der Waals surface area contributed by atoms with Crippen molar-refractivity contribution < 1.29 is 18.4 Å². The van der Waals surface area contributed by atoms with Crippen LogP contribution in [0.15, 0.2) is 66.1 Å². The Bertz CT molecular complexity index is 914. The van der Waals surface area contributed by atoms with Gasteiger partial charge in [0.15, 0.2) is 0 Å². The van der Waals surface area contributed by atoms with Crippen LogP contribution < -0.4 is 10.6 Å². The Morgan fingerprint density at radius 2 is 1.86 bits per heavy atom. The van der Waals surface area contributed by atoms with Crippen LogP contribution in [0.4, 0.5) is 0 Å². The number of hydrogen-bond acceptors (Lipinski definition) is 4. The quantitative estimate of drug-likeness (QED) is 0.292. The van der Waals surface area contributed by atoms with Gasteiger partial charge in [-0.15, -0.1) is 0 Å². The number of allylic oxidation sites excluding steroid dienone is 6. The number of sulfonamides is 1. The van der Waals surface area contributed by atoms with Gasteiger partial charge in [-0.05, 0) is 55.4 Å². The number of amides is 1. The molecule has 6 nitrogen and oxygen atoms in total. The Labute approximate surface area is 173 Å². The first kappa shape index (κ1) is 24.6. The molecule has 0 saturated carbocycles. The van der Waals surface area contributed by atoms with Gasteiger partial charge in [-0.3, -0.25) is 10.0 Å². The molecule has 0 bridgehead atoms. The third-order valence-electron chi connectivity index (χ3n) is 4.78. The van der Waals surface area contributed by atoms with E-state index in [0.717, 1.165) is 29.5 Å². The van der Waals surface area contributed by atoms with Crippen molar-refractivity contribution in [3.05, 3.63) is 77.3 Å². The fraction of sp³-hybridized carbons (Fsp3) is 0.318. The molecule has 1 amide bonds. The van der Waals surface area contributed by atoms with Crippen LogP contribution in [-0.2, 0) is 14.8 Å². The van der Waals surface area contributed by atoms with E-state index in [1.54, 1.807) is 11.6 Å². The Kier molecular flexibility index (Phi) is 9.74. The molecule has 1 aliphatic carbocycles. The van der Waals surface area contributed by atoms with Crippen LogP contribution in [0.25, 0.3) is 5.57 Å². The van der Waals surface area contributed by atoms with Crippen LogP contribution in [0, 0.1) is 18.8 Å². The van der Waals surface area contributed by atoms with Crippen LogP contribution in [0.3, 0.4) is 0 Å². The first-order chi connectivity index (χ1) is 13.6. The van der Waals surface area contributed by atoms with Gasteiger partial charge in [0, 0.05) is 5.92 Å². The molecule has 2 unspecified atom stereocenters. The number of carbonyl (C=O) groups is 1. The van der Waals surface area contributed by atoms with E-state index in [1.165, 1.54) is 6.08 Å². The molecule has 1 aromatic rings. The average molecular weight is 419 g/mol. The van der Waals surface area contributed by atoms with Crippen LogP contribution in [0.5, 0.6) is 0 Å². The number of aryl methyl sites for hydroxylation is 1. The molecule has 2 rings (SSSR count). The molecular weight excluding hydrogens is 388 g/mol. The molecule has 158 valence electrons. The van der Waals surface area contributed by atoms with Gasteiger partial charge >= 0.3 is 0 Å². The molecular formula is C22H30N2O4S. The van der Waals surface area contributed by atoms with Crippen molar-refractivity contribution >= 4 is 21.5 Å². The third kappa shape index (κ3) is 7.81. The van der Waals surface area contributed by atoms with Crippen molar-refractivity contribution in [3.63, 3.8) is 0 Å². The summed E-state index contributed by atoms with van der Waals surface area (Å²) in [7, 11) is -3.71. The fourth-order valence-corrected chi connectivity index (χ4v) is 3.17. The molecule has 0 aromatic heterocycles. The topological polar surface area (TPSA) is 109 Å². The van der Waals surface area contributed by atoms with E-state index < -0.39 is 10.0 Å². The van der Waals surface area contributed by atoms with Crippen molar-refractivity contribution in [1.82, 2.24) is 5.48 Å². The molecule has 0 saturated heterocycles. The minimum Gasteiger partial charge on any atom is -0.289 e. The summed E-state index contributed by atoms with van der Waals surface area (Å²) in [5, 5.41) is 13.4. The Balaban J connectivity index is 0.000000326. The van der Waals surface area contributed by atoms with Gasteiger partial charge in [0.05, 0.1) is 4.91 Å². The molecule has 29 heavy (non-hydrogen) atoms. The van der Waals surface area contributed by atoms with Gasteiger partial charge in [0.25, 0.3) is 0 Å². The highest BCUT2D eigenvalue weighted by Crippen LogP contribution is 2.24. The number of carbonyl (C=O) groups excluding carboxylic acids is 1. The molecule has 0 fully saturated rings. The molecule has 0 heterocycles. The van der Waals surface area contributed by atoms with Gasteiger partial charge < -0.3 is 0 Å². The maximum Gasteiger partial charge on any atom is 0.247 e. The van der Waals surface area contributed by atoms with E-state index in [-0.39, 0.29) is 16.7 Å². The smallest absolute Gasteiger partial charge is 0.247 e. The zero-order valence-corrected chi connectivity index (χ0v) is 17.9. The molecule has 0 aliphatic heterocycles. The number of rotatable bonds is 5. The first-order valence-electron chi connectivity index (χ1n) is 9.32. The maximum absolute atomic E-state index is 11.0. The van der Waals surface area contributed by atoms with Crippen LogP contribution in [0.2, 0.25) is 0 Å². The van der Waals surface area contributed by atoms with Gasteiger partial charge in [-0.2, -0.15) is 0 Å². The normalized spacial score (nSPS) is 19.4. The summed E-state index contributed by atoms with van der Waals surface area (Å²) in [6.45, 7) is 9.33. The summed E-state index contributed by atoms with van der Waals surface area (Å²) < 4.78 is 22.1. The van der Waals surface area contributed by atoms with Gasteiger partial charge in [-0.25, -0.2) is 19.0 Å². The largest absolute Gasteiger partial charge is 0.289 e. The van der Waals surface area contributed by atoms with E-state index in [4.69, 9.17) is 10.3 Å². The van der Waals surface area contributed by atoms with E-state index in [2.05, 4.69) is 12.7 Å². The lowest BCUT2D eigenvalue weighted by Gasteiger charge is -2.22. The second-order valence-electron chi connectivity index (χ2n) is 6.91. The highest BCUT2D eigenvalue weighted by atomic mass is 32.2. The molecule has 4 N–H and O–H groups in total. The first-order valence-corrected chi connectivity index (χ1v) is 10.9. The Morgan fingerprint density at radius 1 is 1.24 bits per heavy atom. The number of nitrogens with two attached hydrogens (primary N) is 1. The molecule has 1 aliphatic rings. The van der Waals surface area contributed by atoms with E-state index in [1.807, 2.05) is 57.2 Å². The molecule has 0 spiro atoms. The Hall–Kier alpha value is -2.48. The zero-order chi connectivity index (χ0) is 22.0. The molecule has 1 aromatic carbocycles. The predicted octanol–water partition coefficient (Wildman–Crippen LogP) is 3.85. The second-order valence-corrected chi connectivity index (χ2v) is 8.52. The number of hydroxylamine groups is 1. The predicted molar refractivity (Wildman–Crippen MR) is 117 cm³/mol. The zero-order valence-electron chi connectivity index (χ0n) is 17.1. The molecule has 7 heteroatoms. The van der Waals surface area contributed by atoms with Crippen molar-refractivity contribution in [2.75, 3.05) is 0 Å². The van der Waals surface area contributed by atoms with Gasteiger partial charge in [0.1, 0.15) is 0 Å². The number of benzene rings is 1. The third-order valence-corrected chi connectivity index (χ3v) is 5.65. The van der Waals surface area contributed by atoms with Crippen LogP contribution in [-0.4, -0.2) is 19.5 Å². The van der Waals surface area contributed by atoms with Crippen molar-refractivity contribution in [3.8, 4) is 0 Å². The molecule has 2 atom stereocenters. The lowest BCUT2D eigenvalue weighted by Crippen LogP contribution is -2.32. The summed E-state index contributed by atoms with van der Waals surface area (Å²) in [6, 6.07) is 7.88. The monoisotopic (exact) mass is 418 g/mol. The summed E-state index contributed by atoms with van der Waals surface area (Å²) >= 11 is 0. The lowest BCUT2D eigenvalue weighted by atomic mass is 9.84.